The Morgan fingerprint density at radius 3 is 2.24 bits per heavy atom. The first-order valence-corrected chi connectivity index (χ1v) is 11.6. The van der Waals surface area contributed by atoms with Crippen molar-refractivity contribution in [3.63, 3.8) is 0 Å². The van der Waals surface area contributed by atoms with Crippen LogP contribution in [-0.4, -0.2) is 34.0 Å². The summed E-state index contributed by atoms with van der Waals surface area (Å²) in [5, 5.41) is 3.67. The molecule has 0 unspecified atom stereocenters. The van der Waals surface area contributed by atoms with Crippen molar-refractivity contribution in [2.45, 2.75) is 83.2 Å². The highest BCUT2D eigenvalue weighted by molar-refractivity contribution is 7.22. The molecule has 2 aromatic rings. The Morgan fingerprint density at radius 1 is 1.03 bits per heavy atom. The molecule has 2 fully saturated rings. The lowest BCUT2D eigenvalue weighted by Crippen LogP contribution is -2.50. The van der Waals surface area contributed by atoms with Gasteiger partial charge in [-0.3, -0.25) is 10.1 Å². The number of nitrogens with zero attached hydrogens (tertiary/aromatic N) is 2. The molecule has 6 nitrogen and oxygen atoms in total. The molecule has 7 heteroatoms. The average molecular weight is 416 g/mol. The fourth-order valence-electron chi connectivity index (χ4n) is 4.69. The topological polar surface area (TPSA) is 71.5 Å². The molecule has 0 radical (unpaired) electrons. The summed E-state index contributed by atoms with van der Waals surface area (Å²) >= 11 is 1.42. The maximum Gasteiger partial charge on any atom is 0.324 e. The zero-order valence-corrected chi connectivity index (χ0v) is 17.8. The second-order valence-corrected chi connectivity index (χ2v) is 9.19. The van der Waals surface area contributed by atoms with Gasteiger partial charge in [0.05, 0.1) is 10.2 Å². The number of rotatable bonds is 4. The van der Waals surface area contributed by atoms with E-state index in [1.165, 1.54) is 56.8 Å². The molecule has 0 atom stereocenters. The molecular weight excluding hydrogens is 386 g/mol. The minimum atomic E-state index is -0.349. The van der Waals surface area contributed by atoms with Crippen molar-refractivity contribution in [1.29, 1.82) is 0 Å². The molecule has 2 amide bonds. The van der Waals surface area contributed by atoms with Crippen LogP contribution >= 0.6 is 11.3 Å². The van der Waals surface area contributed by atoms with Crippen LogP contribution in [0.25, 0.3) is 10.2 Å². The Kier molecular flexibility index (Phi) is 6.33. The molecule has 0 saturated heterocycles. The van der Waals surface area contributed by atoms with Crippen LogP contribution in [0.2, 0.25) is 0 Å². The van der Waals surface area contributed by atoms with Gasteiger partial charge in [0.25, 0.3) is 0 Å². The van der Waals surface area contributed by atoms with Crippen molar-refractivity contribution < 1.29 is 14.3 Å². The van der Waals surface area contributed by atoms with Gasteiger partial charge in [0.15, 0.2) is 5.13 Å². The minimum Gasteiger partial charge on any atom is -0.427 e. The molecule has 0 spiro atoms. The predicted molar refractivity (Wildman–Crippen MR) is 116 cm³/mol. The largest absolute Gasteiger partial charge is 0.427 e. The fraction of sp³-hybridized carbons (Fsp3) is 0.591. The van der Waals surface area contributed by atoms with E-state index in [1.807, 2.05) is 6.07 Å². The zero-order valence-electron chi connectivity index (χ0n) is 17.0. The van der Waals surface area contributed by atoms with Gasteiger partial charge in [-0.2, -0.15) is 0 Å². The highest BCUT2D eigenvalue weighted by Crippen LogP contribution is 2.33. The van der Waals surface area contributed by atoms with Crippen LogP contribution in [0.1, 0.15) is 71.1 Å². The Hall–Kier alpha value is -2.15. The van der Waals surface area contributed by atoms with E-state index < -0.39 is 0 Å². The van der Waals surface area contributed by atoms with Gasteiger partial charge in [-0.15, -0.1) is 0 Å². The van der Waals surface area contributed by atoms with Crippen LogP contribution in [0.3, 0.4) is 0 Å². The number of aromatic nitrogens is 1. The number of amides is 2. The second-order valence-electron chi connectivity index (χ2n) is 8.16. The summed E-state index contributed by atoms with van der Waals surface area (Å²) in [4.78, 5) is 31.2. The van der Waals surface area contributed by atoms with Gasteiger partial charge < -0.3 is 9.64 Å². The maximum atomic E-state index is 13.3. The number of esters is 1. The van der Waals surface area contributed by atoms with Gasteiger partial charge >= 0.3 is 12.0 Å². The summed E-state index contributed by atoms with van der Waals surface area (Å²) in [5.74, 6) is 0.149. The van der Waals surface area contributed by atoms with Crippen molar-refractivity contribution in [1.82, 2.24) is 9.88 Å². The normalized spacial score (nSPS) is 18.5. The number of fused-ring (bicyclic) bond motifs is 1. The number of carbonyl (C=O) groups excluding carboxylic acids is 2. The summed E-state index contributed by atoms with van der Waals surface area (Å²) in [5.41, 5.74) is 0.795. The Balaban J connectivity index is 1.52. The zero-order chi connectivity index (χ0) is 20.2. The molecule has 2 saturated carbocycles. The summed E-state index contributed by atoms with van der Waals surface area (Å²) in [7, 11) is 0. The molecule has 1 aromatic heterocycles. The number of anilines is 1. The number of ether oxygens (including phenoxy) is 1. The molecule has 1 aromatic carbocycles. The van der Waals surface area contributed by atoms with E-state index in [-0.39, 0.29) is 12.0 Å². The number of urea groups is 1. The first-order chi connectivity index (χ1) is 14.1. The third-order valence-corrected chi connectivity index (χ3v) is 6.94. The van der Waals surface area contributed by atoms with Crippen LogP contribution in [0.15, 0.2) is 18.2 Å². The van der Waals surface area contributed by atoms with Crippen LogP contribution < -0.4 is 10.1 Å². The Morgan fingerprint density at radius 2 is 1.66 bits per heavy atom. The highest BCUT2D eigenvalue weighted by atomic mass is 32.1. The molecule has 29 heavy (non-hydrogen) atoms. The van der Waals surface area contributed by atoms with Crippen molar-refractivity contribution in [3.8, 4) is 5.75 Å². The molecule has 1 N–H and O–H groups in total. The third-order valence-electron chi connectivity index (χ3n) is 6.01. The van der Waals surface area contributed by atoms with E-state index in [2.05, 4.69) is 15.2 Å². The molecular formula is C22H29N3O3S. The lowest BCUT2D eigenvalue weighted by Gasteiger charge is -2.41. The monoisotopic (exact) mass is 415 g/mol. The van der Waals surface area contributed by atoms with Crippen LogP contribution in [-0.2, 0) is 4.79 Å². The van der Waals surface area contributed by atoms with Gasteiger partial charge in [-0.05, 0) is 37.8 Å². The quantitative estimate of drug-likeness (QED) is 0.512. The molecule has 4 rings (SSSR count). The average Bonchev–Trinajstić information content (AvgIpc) is 3.11. The lowest BCUT2D eigenvalue weighted by atomic mass is 9.89. The standard InChI is InChI=1S/C22H29N3O3S/c1-15(26)28-18-12-13-19-20(14-18)29-21(23-19)24-22(27)25(16-8-4-2-5-9-16)17-10-6-3-7-11-17/h12-14,16-17H,2-11H2,1H3,(H,23,24,27). The molecule has 0 aliphatic heterocycles. The molecule has 1 heterocycles. The molecule has 156 valence electrons. The number of hydrogen-bond acceptors (Lipinski definition) is 5. The van der Waals surface area contributed by atoms with Crippen molar-refractivity contribution in [2.75, 3.05) is 5.32 Å². The van der Waals surface area contributed by atoms with Crippen LogP contribution in [0.4, 0.5) is 9.93 Å². The Bertz CT molecular complexity index is 851. The van der Waals surface area contributed by atoms with Crippen molar-refractivity contribution in [2.24, 2.45) is 0 Å². The third kappa shape index (κ3) is 4.89. The molecule has 2 aliphatic rings. The van der Waals surface area contributed by atoms with Gasteiger partial charge in [0.1, 0.15) is 5.75 Å². The molecule has 2 aliphatic carbocycles. The fourth-order valence-corrected chi connectivity index (χ4v) is 5.58. The van der Waals surface area contributed by atoms with Gasteiger partial charge in [-0.25, -0.2) is 9.78 Å². The first-order valence-electron chi connectivity index (χ1n) is 10.8. The number of nitrogens with one attached hydrogen (secondary N) is 1. The highest BCUT2D eigenvalue weighted by Gasteiger charge is 2.32. The second kappa shape index (κ2) is 9.11. The minimum absolute atomic E-state index is 0.0111. The van der Waals surface area contributed by atoms with E-state index >= 15 is 0 Å². The number of thiazole rings is 1. The van der Waals surface area contributed by atoms with Gasteiger partial charge in [0.2, 0.25) is 0 Å². The molecule has 0 bridgehead atoms. The number of carbonyl (C=O) groups is 2. The smallest absolute Gasteiger partial charge is 0.324 e. The Labute approximate surface area is 175 Å². The maximum absolute atomic E-state index is 13.3. The summed E-state index contributed by atoms with van der Waals surface area (Å²) in [6.07, 6.45) is 11.8. The lowest BCUT2D eigenvalue weighted by molar-refractivity contribution is -0.131. The summed E-state index contributed by atoms with van der Waals surface area (Å²) < 4.78 is 6.04. The summed E-state index contributed by atoms with van der Waals surface area (Å²) in [6, 6.07) is 6.02. The van der Waals surface area contributed by atoms with E-state index in [1.54, 1.807) is 12.1 Å². The predicted octanol–water partition coefficient (Wildman–Crippen LogP) is 5.72. The van der Waals surface area contributed by atoms with Crippen molar-refractivity contribution >= 4 is 38.7 Å². The van der Waals surface area contributed by atoms with Crippen LogP contribution in [0, 0.1) is 0 Å². The number of benzene rings is 1. The van der Waals surface area contributed by atoms with Crippen LogP contribution in [0.5, 0.6) is 5.75 Å². The SMILES string of the molecule is CC(=O)Oc1ccc2nc(NC(=O)N(C3CCCCC3)C3CCCCC3)sc2c1. The van der Waals surface area contributed by atoms with E-state index in [9.17, 15) is 9.59 Å². The number of hydrogen-bond donors (Lipinski definition) is 1. The van der Waals surface area contributed by atoms with Gasteiger partial charge in [0, 0.05) is 25.1 Å². The first kappa shape index (κ1) is 20.1. The van der Waals surface area contributed by atoms with Gasteiger partial charge in [-0.1, -0.05) is 49.9 Å². The van der Waals surface area contributed by atoms with E-state index in [0.29, 0.717) is 23.0 Å². The van der Waals surface area contributed by atoms with E-state index in [0.717, 1.165) is 35.9 Å². The van der Waals surface area contributed by atoms with Crippen molar-refractivity contribution in [3.05, 3.63) is 18.2 Å². The summed E-state index contributed by atoms with van der Waals surface area (Å²) in [6.45, 7) is 1.38. The van der Waals surface area contributed by atoms with E-state index in [4.69, 9.17) is 4.74 Å².